The van der Waals surface area contributed by atoms with Gasteiger partial charge in [-0.1, -0.05) is 0 Å². The predicted octanol–water partition coefficient (Wildman–Crippen LogP) is -3.02. The number of rotatable bonds is 4. The first kappa shape index (κ1) is 18.4. The van der Waals surface area contributed by atoms with E-state index in [1.165, 1.54) is 12.5 Å². The molecule has 0 radical (unpaired) electrons. The zero-order valence-corrected chi connectivity index (χ0v) is 17.4. The molecule has 0 aliphatic heterocycles. The average molecular weight is 464 g/mol. The van der Waals surface area contributed by atoms with Gasteiger partial charge in [0.05, 0.1) is 0 Å². The van der Waals surface area contributed by atoms with E-state index in [9.17, 15) is 0 Å². The van der Waals surface area contributed by atoms with Crippen molar-refractivity contribution in [2.75, 3.05) is 0 Å². The molecular weight excluding hydrogens is 446 g/mol. The Morgan fingerprint density at radius 2 is 1.78 bits per heavy atom. The molecule has 1 aliphatic carbocycles. The van der Waals surface area contributed by atoms with Crippen LogP contribution in [-0.2, 0) is 28.1 Å². The summed E-state index contributed by atoms with van der Waals surface area (Å²) in [4.78, 5) is 0. The molecule has 0 nitrogen and oxygen atoms in total. The molecule has 0 atom stereocenters. The Hall–Kier alpha value is 0.367. The first-order chi connectivity index (χ1) is 7.77. The van der Waals surface area contributed by atoms with Crippen LogP contribution in [-0.4, -0.2) is 6.71 Å². The van der Waals surface area contributed by atoms with E-state index < -0.39 is 0 Å². The molecule has 0 N–H and O–H groups in total. The topological polar surface area (TPSA) is 0 Å². The molecule has 0 amide bonds. The van der Waals surface area contributed by atoms with E-state index in [2.05, 4.69) is 50.3 Å². The third-order valence-corrected chi connectivity index (χ3v) is 16.8. The van der Waals surface area contributed by atoms with Crippen LogP contribution in [0.4, 0.5) is 0 Å². The Labute approximate surface area is 135 Å². The molecule has 96 valence electrons. The van der Waals surface area contributed by atoms with Crippen LogP contribution in [0.25, 0.3) is 0 Å². The zero-order valence-electron chi connectivity index (χ0n) is 10.8. The van der Waals surface area contributed by atoms with Crippen molar-refractivity contribution in [3.05, 3.63) is 56.4 Å². The Balaban J connectivity index is 0.00000144. The maximum Gasteiger partial charge on any atom is -1.00 e. The summed E-state index contributed by atoms with van der Waals surface area (Å²) in [6.45, 7) is 4.83. The van der Waals surface area contributed by atoms with Crippen molar-refractivity contribution in [3.8, 4) is 0 Å². The fraction of sp³-hybridized carbons (Fsp3) is 0.286. The molecule has 0 fully saturated rings. The molecule has 0 bridgehead atoms. The van der Waals surface area contributed by atoms with Crippen molar-refractivity contribution < 1.29 is 46.9 Å². The van der Waals surface area contributed by atoms with Gasteiger partial charge in [0.15, 0.2) is 0 Å². The summed E-state index contributed by atoms with van der Waals surface area (Å²) in [7, 11) is 0. The van der Waals surface area contributed by atoms with Crippen LogP contribution >= 0.6 is 0 Å². The minimum absolute atomic E-state index is 0. The molecule has 2 rings (SSSR count). The monoisotopic (exact) mass is 464 g/mol. The largest absolute Gasteiger partial charge is 1.00 e. The third-order valence-electron chi connectivity index (χ3n) is 3.25. The quantitative estimate of drug-likeness (QED) is 0.417. The predicted molar refractivity (Wildman–Crippen MR) is 69.8 cm³/mol. The summed E-state index contributed by atoms with van der Waals surface area (Å²) >= 11 is -0.375. The number of halogens is 2. The fourth-order valence-corrected chi connectivity index (χ4v) is 16.7. The van der Waals surface area contributed by atoms with E-state index >= 15 is 0 Å². The van der Waals surface area contributed by atoms with Gasteiger partial charge in [-0.2, -0.15) is 0 Å². The molecule has 0 heterocycles. The number of hydrogen-bond acceptors (Lipinski definition) is 0. The molecule has 0 unspecified atom stereocenters. The third kappa shape index (κ3) is 5.16. The van der Waals surface area contributed by atoms with E-state index in [-0.39, 0.29) is 53.6 Å². The van der Waals surface area contributed by atoms with Crippen LogP contribution in [0.3, 0.4) is 0 Å². The van der Waals surface area contributed by atoms with Crippen molar-refractivity contribution in [1.82, 2.24) is 0 Å². The van der Waals surface area contributed by atoms with Gasteiger partial charge >= 0.3 is 112 Å². The van der Waals surface area contributed by atoms with E-state index in [0.717, 1.165) is 0 Å². The van der Waals surface area contributed by atoms with E-state index in [4.69, 9.17) is 0 Å². The molecule has 4 heteroatoms. The number of hydrogen-bond donors (Lipinski definition) is 0. The average Bonchev–Trinajstić information content (AvgIpc) is 2.62. The fourth-order valence-electron chi connectivity index (χ4n) is 2.01. The molecule has 1 aliphatic rings. The summed E-state index contributed by atoms with van der Waals surface area (Å²) in [5.41, 5.74) is 4.78. The zero-order chi connectivity index (χ0) is 11.4. The Kier molecular flexibility index (Phi) is 9.49. The summed E-state index contributed by atoms with van der Waals surface area (Å²) in [5, 5.41) is 0. The normalized spacial score (nSPS) is 14.0. The Bertz CT molecular complexity index is 427. The van der Waals surface area contributed by atoms with Crippen molar-refractivity contribution in [2.45, 2.75) is 26.3 Å². The second kappa shape index (κ2) is 9.30. The van der Waals surface area contributed by atoms with Gasteiger partial charge in [0.1, 0.15) is 0 Å². The van der Waals surface area contributed by atoms with Gasteiger partial charge in [-0.25, -0.2) is 0 Å². The summed E-state index contributed by atoms with van der Waals surface area (Å²) in [6.07, 6.45) is 3.73. The van der Waals surface area contributed by atoms with Crippen molar-refractivity contribution in [3.63, 3.8) is 0 Å². The first-order valence-corrected chi connectivity index (χ1v) is 17.0. The smallest absolute Gasteiger partial charge is 1.00 e. The van der Waals surface area contributed by atoms with Gasteiger partial charge in [0.2, 0.25) is 0 Å². The van der Waals surface area contributed by atoms with Crippen molar-refractivity contribution in [2.24, 2.45) is 0 Å². The molecule has 0 spiro atoms. The standard InChI is InChI=1S/C7H9Si.C7H9.2ClH.Hf/c8-6-7-4-2-1-3-5-7;1-6-4-3-5-7(6)2;;;/h1-5H,6,8H2;4H,3H2,1-2H3;2*1H;/q;;;;+2/p-2. The maximum absolute atomic E-state index is 2.43. The summed E-state index contributed by atoms with van der Waals surface area (Å²) < 4.78 is 1.90. The maximum atomic E-state index is 2.43. The van der Waals surface area contributed by atoms with Gasteiger partial charge in [0.25, 0.3) is 0 Å². The van der Waals surface area contributed by atoms with Crippen LogP contribution in [0.5, 0.6) is 0 Å². The summed E-state index contributed by atoms with van der Waals surface area (Å²) in [5.74, 6) is 0. The molecular formula is C14H18Cl2HfSi. The van der Waals surface area contributed by atoms with Crippen LogP contribution in [0, 0.1) is 0 Å². The Morgan fingerprint density at radius 3 is 2.33 bits per heavy atom. The molecule has 0 saturated carbocycles. The van der Waals surface area contributed by atoms with Gasteiger partial charge in [-0.15, -0.1) is 0 Å². The molecule has 1 aromatic rings. The second-order valence-electron chi connectivity index (χ2n) is 4.36. The minimum Gasteiger partial charge on any atom is -1.00 e. The first-order valence-electron chi connectivity index (χ1n) is 5.92. The van der Waals surface area contributed by atoms with Gasteiger partial charge in [0, 0.05) is 0 Å². The van der Waals surface area contributed by atoms with Gasteiger partial charge in [-0.3, -0.25) is 0 Å². The van der Waals surface area contributed by atoms with E-state index in [1.54, 1.807) is 16.7 Å². The van der Waals surface area contributed by atoms with E-state index in [0.29, 0.717) is 0 Å². The van der Waals surface area contributed by atoms with Crippen LogP contribution in [0.2, 0.25) is 0 Å². The number of allylic oxidation sites excluding steroid dienone is 4. The van der Waals surface area contributed by atoms with Gasteiger partial charge in [-0.05, 0) is 0 Å². The van der Waals surface area contributed by atoms with Crippen molar-refractivity contribution >= 4 is 6.71 Å². The van der Waals surface area contributed by atoms with Crippen LogP contribution < -0.4 is 24.8 Å². The van der Waals surface area contributed by atoms with Crippen molar-refractivity contribution in [1.29, 1.82) is 0 Å². The van der Waals surface area contributed by atoms with Gasteiger partial charge < -0.3 is 24.8 Å². The van der Waals surface area contributed by atoms with E-state index in [1.807, 2.05) is 3.33 Å². The van der Waals surface area contributed by atoms with Crippen LogP contribution in [0.15, 0.2) is 50.9 Å². The molecule has 1 aromatic carbocycles. The molecule has 0 aromatic heterocycles. The Morgan fingerprint density at radius 1 is 1.11 bits per heavy atom. The SMILES string of the molecule is CC1=CC[C]([Hf+2][SiH2]Cc2ccccc2)=C1C.[Cl-].[Cl-]. The minimum atomic E-state index is -0.375. The van der Waals surface area contributed by atoms with Crippen LogP contribution in [0.1, 0.15) is 25.8 Å². The molecule has 18 heavy (non-hydrogen) atoms. The summed E-state index contributed by atoms with van der Waals surface area (Å²) in [6, 6.07) is 12.5. The second-order valence-corrected chi connectivity index (χ2v) is 17.1. The molecule has 0 saturated heterocycles. The number of benzene rings is 1.